The third-order valence-electron chi connectivity index (χ3n) is 21.7. The van der Waals surface area contributed by atoms with Crippen molar-refractivity contribution in [2.75, 3.05) is 9.80 Å². The van der Waals surface area contributed by atoms with Crippen LogP contribution in [0.5, 0.6) is 23.0 Å². The molecule has 17 aromatic rings. The lowest BCUT2D eigenvalue weighted by Gasteiger charge is -2.47. The van der Waals surface area contributed by atoms with Crippen LogP contribution >= 0.6 is 0 Å². The van der Waals surface area contributed by atoms with E-state index in [1.807, 2.05) is 0 Å². The van der Waals surface area contributed by atoms with Crippen LogP contribution in [0.3, 0.4) is 0 Å². The molecule has 6 nitrogen and oxygen atoms in total. The zero-order chi connectivity index (χ0) is 67.5. The maximum absolute atomic E-state index is 8.11. The van der Waals surface area contributed by atoms with E-state index in [2.05, 4.69) is 352 Å². The van der Waals surface area contributed by atoms with Crippen LogP contribution in [0, 0.1) is 0 Å². The minimum Gasteiger partial charge on any atom is -0.459 e. The fraction of sp³-hybridized carbons (Fsp3) is 0.0426. The van der Waals surface area contributed by atoms with Crippen molar-refractivity contribution >= 4 is 124 Å². The second-order valence-electron chi connectivity index (χ2n) is 28.5. The van der Waals surface area contributed by atoms with Crippen molar-refractivity contribution in [2.45, 2.75) is 26.2 Å². The molecule has 0 amide bonds. The summed E-state index contributed by atoms with van der Waals surface area (Å²) in [5.41, 5.74) is 29.1. The number of para-hydroxylation sites is 2. The molecule has 0 bridgehead atoms. The van der Waals surface area contributed by atoms with Gasteiger partial charge in [-0.25, -0.2) is 0 Å². The lowest BCUT2D eigenvalue weighted by molar-refractivity contribution is 0.468. The first-order chi connectivity index (χ1) is 50.2. The second-order valence-corrected chi connectivity index (χ2v) is 28.5. The van der Waals surface area contributed by atoms with Crippen molar-refractivity contribution in [1.29, 1.82) is 0 Å². The fourth-order valence-electron chi connectivity index (χ4n) is 17.0. The molecule has 2 aromatic heterocycles. The van der Waals surface area contributed by atoms with Gasteiger partial charge in [0.25, 0.3) is 13.4 Å². The fourth-order valence-corrected chi connectivity index (χ4v) is 17.0. The molecule has 0 aliphatic carbocycles. The van der Waals surface area contributed by atoms with E-state index in [0.717, 1.165) is 206 Å². The Labute approximate surface area is 591 Å². The maximum Gasteiger partial charge on any atom is 0.260 e. The summed E-state index contributed by atoms with van der Waals surface area (Å²) in [6, 6.07) is 117. The first-order valence-corrected chi connectivity index (χ1v) is 35.3. The van der Waals surface area contributed by atoms with E-state index in [4.69, 9.17) is 18.3 Å². The van der Waals surface area contributed by atoms with Gasteiger partial charge in [-0.05, 0) is 143 Å². The zero-order valence-corrected chi connectivity index (χ0v) is 56.3. The highest BCUT2D eigenvalue weighted by atomic mass is 16.5. The third kappa shape index (κ3) is 8.82. The molecule has 8 heteroatoms. The molecule has 0 fully saturated rings. The average molecular weight is 1310 g/mol. The molecule has 0 unspecified atom stereocenters. The van der Waals surface area contributed by atoms with Crippen LogP contribution in [0.2, 0.25) is 0 Å². The van der Waals surface area contributed by atoms with Crippen LogP contribution in [0.15, 0.2) is 330 Å². The van der Waals surface area contributed by atoms with E-state index in [1.165, 1.54) is 0 Å². The Morgan fingerprint density at radius 1 is 0.275 bits per heavy atom. The smallest absolute Gasteiger partial charge is 0.260 e. The number of furan rings is 2. The molecule has 0 saturated carbocycles. The SMILES string of the molecule is CC(C)(C)c1cc2c3c(c1)N(c1c(-c4ccccc4)ccc4c1oc1ccccc14)c1cc4c5c(c1B3c1ccc(-c3ccccc3)cc1N2c1c(-c2ccccc2)ccc2c1oc1ccccc12)Oc1ccc(-c2ccccc2)cc1B5c1cc(-c2ccccc2)cc(-c2ccccc2)c1O4. The van der Waals surface area contributed by atoms with Gasteiger partial charge < -0.3 is 28.1 Å². The predicted molar refractivity (Wildman–Crippen MR) is 424 cm³/mol. The number of fused-ring (bicyclic) bond motifs is 15. The molecular formula is C94H62B2N2O4. The molecule has 4 aliphatic rings. The quantitative estimate of drug-likeness (QED) is 0.141. The van der Waals surface area contributed by atoms with Gasteiger partial charge in [-0.2, -0.15) is 0 Å². The highest BCUT2D eigenvalue weighted by molar-refractivity contribution is 7.03. The maximum atomic E-state index is 8.11. The number of benzene rings is 15. The Morgan fingerprint density at radius 3 is 1.25 bits per heavy atom. The molecule has 15 aromatic carbocycles. The third-order valence-corrected chi connectivity index (χ3v) is 21.7. The topological polar surface area (TPSA) is 51.2 Å². The van der Waals surface area contributed by atoms with Gasteiger partial charge in [0, 0.05) is 72.5 Å². The Bertz CT molecular complexity index is 6310. The van der Waals surface area contributed by atoms with E-state index < -0.39 is 6.71 Å². The van der Waals surface area contributed by atoms with Gasteiger partial charge in [-0.3, -0.25) is 0 Å². The van der Waals surface area contributed by atoms with E-state index in [0.29, 0.717) is 0 Å². The summed E-state index contributed by atoms with van der Waals surface area (Å²) in [6.07, 6.45) is 0. The van der Waals surface area contributed by atoms with Gasteiger partial charge in [-0.1, -0.05) is 282 Å². The monoisotopic (exact) mass is 1300 g/mol. The molecule has 6 heterocycles. The summed E-state index contributed by atoms with van der Waals surface area (Å²) in [4.78, 5) is 5.12. The summed E-state index contributed by atoms with van der Waals surface area (Å²) >= 11 is 0. The molecule has 0 N–H and O–H groups in total. The van der Waals surface area contributed by atoms with Gasteiger partial charge in [0.05, 0.1) is 11.4 Å². The number of nitrogens with zero attached hydrogens (tertiary/aromatic N) is 2. The predicted octanol–water partition coefficient (Wildman–Crippen LogP) is 21.6. The van der Waals surface area contributed by atoms with E-state index in [1.54, 1.807) is 0 Å². The van der Waals surface area contributed by atoms with E-state index >= 15 is 0 Å². The first kappa shape index (κ1) is 58.2. The molecule has 21 rings (SSSR count). The Balaban J connectivity index is 0.947. The van der Waals surface area contributed by atoms with Crippen molar-refractivity contribution in [3.63, 3.8) is 0 Å². The summed E-state index contributed by atoms with van der Waals surface area (Å²) in [5, 5.41) is 4.15. The lowest BCUT2D eigenvalue weighted by Crippen LogP contribution is -2.65. The van der Waals surface area contributed by atoms with Crippen LogP contribution in [0.25, 0.3) is 111 Å². The van der Waals surface area contributed by atoms with Gasteiger partial charge in [0.2, 0.25) is 0 Å². The molecular weight excluding hydrogens is 1240 g/mol. The van der Waals surface area contributed by atoms with Gasteiger partial charge in [0.15, 0.2) is 11.2 Å². The molecule has 0 radical (unpaired) electrons. The number of hydrogen-bond donors (Lipinski definition) is 0. The summed E-state index contributed by atoms with van der Waals surface area (Å²) < 4.78 is 31.0. The van der Waals surface area contributed by atoms with E-state index in [-0.39, 0.29) is 12.1 Å². The summed E-state index contributed by atoms with van der Waals surface area (Å²) in [5.74, 6) is 3.09. The molecule has 4 aliphatic heterocycles. The normalized spacial score (nSPS) is 13.1. The zero-order valence-electron chi connectivity index (χ0n) is 56.3. The van der Waals surface area contributed by atoms with Gasteiger partial charge >= 0.3 is 0 Å². The highest BCUT2D eigenvalue weighted by Gasteiger charge is 2.52. The largest absolute Gasteiger partial charge is 0.459 e. The van der Waals surface area contributed by atoms with Gasteiger partial charge in [-0.15, -0.1) is 0 Å². The molecule has 0 spiro atoms. The molecule has 102 heavy (non-hydrogen) atoms. The van der Waals surface area contributed by atoms with Crippen LogP contribution in [0.4, 0.5) is 34.1 Å². The standard InChI is InChI=1S/C94H62B2N2O4/c1-94(2,3)66-54-78-85-79(55-66)98(89-68(61-34-18-8-19-35-61)45-47-72-70-39-23-25-41-82(70)100-92(72)89)80-56-84-87-93(101-83-49-43-63(57-26-10-4-11-27-57)51-75(83)95(87)76-52-65(59-30-14-6-15-31-59)50-73(90(76)102-84)62-36-20-9-21-37-62)86(80)96(85)74-48-42-64(58-28-12-5-13-29-58)53-77(74)97(78)88-67(60-32-16-7-17-33-60)44-46-71-69-38-22-24-40-81(69)99-91(71)88/h4-56H,1-3H3. The van der Waals surface area contributed by atoms with Gasteiger partial charge in [0.1, 0.15) is 34.2 Å². The number of ether oxygens (including phenoxy) is 2. The average Bonchev–Trinajstić information content (AvgIpc) is 0.778. The Kier molecular flexibility index (Phi) is 12.8. The van der Waals surface area contributed by atoms with Crippen LogP contribution < -0.4 is 52.1 Å². The number of rotatable bonds is 8. The number of anilines is 6. The van der Waals surface area contributed by atoms with Crippen molar-refractivity contribution in [1.82, 2.24) is 0 Å². The van der Waals surface area contributed by atoms with Crippen LogP contribution in [0.1, 0.15) is 26.3 Å². The summed E-state index contributed by atoms with van der Waals surface area (Å²) in [6.45, 7) is 6.21. The number of hydrogen-bond acceptors (Lipinski definition) is 6. The van der Waals surface area contributed by atoms with Crippen LogP contribution in [-0.4, -0.2) is 13.4 Å². The van der Waals surface area contributed by atoms with Crippen molar-refractivity contribution in [3.05, 3.63) is 327 Å². The second kappa shape index (κ2) is 22.4. The minimum atomic E-state index is -0.445. The first-order valence-electron chi connectivity index (χ1n) is 35.3. The van der Waals surface area contributed by atoms with Crippen molar-refractivity contribution < 1.29 is 18.3 Å². The van der Waals surface area contributed by atoms with E-state index in [9.17, 15) is 0 Å². The molecule has 0 saturated heterocycles. The lowest BCUT2D eigenvalue weighted by atomic mass is 9.30. The minimum absolute atomic E-state index is 0.363. The molecule has 478 valence electrons. The van der Waals surface area contributed by atoms with Crippen molar-refractivity contribution in [3.8, 4) is 89.8 Å². The Morgan fingerprint density at radius 2 is 0.716 bits per heavy atom. The van der Waals surface area contributed by atoms with Crippen LogP contribution in [-0.2, 0) is 5.41 Å². The van der Waals surface area contributed by atoms with Crippen molar-refractivity contribution in [2.24, 2.45) is 0 Å². The Hall–Kier alpha value is -12.8. The summed E-state index contributed by atoms with van der Waals surface area (Å²) in [7, 11) is 0. The highest BCUT2D eigenvalue weighted by Crippen LogP contribution is 2.56. The molecule has 0 atom stereocenters.